The van der Waals surface area contributed by atoms with E-state index in [1.54, 1.807) is 0 Å². The zero-order valence-corrected chi connectivity index (χ0v) is 35.9. The lowest BCUT2D eigenvalue weighted by molar-refractivity contribution is -0.143. The molecule has 1 aromatic heterocycles. The molecule has 27 nitrogen and oxygen atoms in total. The van der Waals surface area contributed by atoms with E-state index in [0.29, 0.717) is 25.1 Å². The normalized spacial score (nSPS) is 16.5. The molecule has 1 saturated heterocycles. The molecule has 0 aliphatic carbocycles. The molecule has 64 heavy (non-hydrogen) atoms. The fourth-order valence-corrected chi connectivity index (χ4v) is 6.26. The van der Waals surface area contributed by atoms with Gasteiger partial charge in [0, 0.05) is 24.1 Å². The van der Waals surface area contributed by atoms with Crippen molar-refractivity contribution >= 4 is 77.7 Å². The Kier molecular flexibility index (Phi) is 23.2. The van der Waals surface area contributed by atoms with Crippen molar-refractivity contribution in [2.24, 2.45) is 17.2 Å². The number of carbonyl (C=O) groups excluding carboxylic acids is 10. The van der Waals surface area contributed by atoms with Gasteiger partial charge in [0.15, 0.2) is 0 Å². The Morgan fingerprint density at radius 3 is 1.83 bits per heavy atom. The second kappa shape index (κ2) is 27.6. The maximum absolute atomic E-state index is 13.6. The number of aliphatic hydroxyl groups excluding tert-OH is 1. The van der Waals surface area contributed by atoms with Gasteiger partial charge in [0.2, 0.25) is 59.1 Å². The second-order valence-corrected chi connectivity index (χ2v) is 15.0. The summed E-state index contributed by atoms with van der Waals surface area (Å²) in [5, 5.41) is 40.1. The van der Waals surface area contributed by atoms with Crippen molar-refractivity contribution in [2.45, 2.75) is 107 Å². The summed E-state index contributed by atoms with van der Waals surface area (Å²) in [6.07, 6.45) is 2.76. The second-order valence-electron chi connectivity index (χ2n) is 14.6. The molecule has 28 heteroatoms. The zero-order chi connectivity index (χ0) is 47.9. The molecule has 2 heterocycles. The molecule has 8 atom stereocenters. The number of aromatic nitrogens is 2. The highest BCUT2D eigenvalue weighted by molar-refractivity contribution is 7.80. The summed E-state index contributed by atoms with van der Waals surface area (Å²) in [5.74, 6) is -11.2. The van der Waals surface area contributed by atoms with E-state index < -0.39 is 139 Å². The Morgan fingerprint density at radius 1 is 0.766 bits per heavy atom. The number of aromatic amines is 1. The molecule has 356 valence electrons. The van der Waals surface area contributed by atoms with Gasteiger partial charge in [0.1, 0.15) is 42.3 Å². The molecule has 1 fully saturated rings. The quantitative estimate of drug-likeness (QED) is 0.0262. The highest BCUT2D eigenvalue weighted by Gasteiger charge is 2.34. The third kappa shape index (κ3) is 18.9. The molecule has 0 unspecified atom stereocenters. The summed E-state index contributed by atoms with van der Waals surface area (Å²) in [4.78, 5) is 147. The van der Waals surface area contributed by atoms with Crippen LogP contribution in [0.15, 0.2) is 12.5 Å². The molecule has 10 amide bonds. The van der Waals surface area contributed by atoms with E-state index >= 15 is 0 Å². The average Bonchev–Trinajstić information content (AvgIpc) is 3.98. The van der Waals surface area contributed by atoms with Crippen LogP contribution in [0, 0.1) is 0 Å². The van der Waals surface area contributed by atoms with Crippen molar-refractivity contribution in [3.8, 4) is 0 Å². The molecule has 0 saturated carbocycles. The van der Waals surface area contributed by atoms with Crippen molar-refractivity contribution in [3.05, 3.63) is 18.2 Å². The van der Waals surface area contributed by atoms with Gasteiger partial charge in [-0.1, -0.05) is 0 Å². The van der Waals surface area contributed by atoms with E-state index in [4.69, 9.17) is 17.2 Å². The minimum Gasteiger partial charge on any atom is -0.480 e. The Morgan fingerprint density at radius 2 is 1.33 bits per heavy atom. The van der Waals surface area contributed by atoms with Crippen LogP contribution in [0.5, 0.6) is 0 Å². The molecule has 1 aromatic rings. The van der Waals surface area contributed by atoms with Crippen LogP contribution < -0.4 is 65.1 Å². The van der Waals surface area contributed by atoms with Gasteiger partial charge in [-0.15, -0.1) is 0 Å². The van der Waals surface area contributed by atoms with E-state index in [9.17, 15) is 63.0 Å². The topological polar surface area (TPSA) is 443 Å². The number of hydrogen-bond donors (Lipinski definition) is 16. The molecule has 1 aliphatic rings. The summed E-state index contributed by atoms with van der Waals surface area (Å²) in [6, 6.07) is -11.1. The van der Waals surface area contributed by atoms with Crippen molar-refractivity contribution in [1.82, 2.24) is 57.8 Å². The minimum absolute atomic E-state index is 0.0567. The maximum Gasteiger partial charge on any atom is 0.328 e. The van der Waals surface area contributed by atoms with Crippen LogP contribution in [-0.2, 0) is 59.2 Å². The van der Waals surface area contributed by atoms with Crippen molar-refractivity contribution in [3.63, 3.8) is 0 Å². The fraction of sp³-hybridized carbons (Fsp3) is 0.611. The number of unbranched alkanes of at least 4 members (excludes halogenated alkanes) is 1. The van der Waals surface area contributed by atoms with E-state index in [0.717, 1.165) is 6.42 Å². The van der Waals surface area contributed by atoms with E-state index in [-0.39, 0.29) is 31.6 Å². The number of carbonyl (C=O) groups is 11. The summed E-state index contributed by atoms with van der Waals surface area (Å²) >= 11 is 4.10. The monoisotopic (exact) mass is 926 g/mol. The SMILES string of the molecule is C[C@H](NC(=O)CNC(=O)[C@H](CCCCN)NC(=O)[C@H](CC(N)=O)NC(=O)[C@H](CC(N)=O)NC(=O)[C@H](CS)NC(=O)[C@@H]1CCCN1)C(=O)N[C@@H](Cc1cnc[nH]1)C(=O)N[C@@H](CO)C(=O)O. The number of H-pyrrole nitrogens is 1. The van der Waals surface area contributed by atoms with Crippen molar-refractivity contribution in [2.75, 3.05) is 32.0 Å². The smallest absolute Gasteiger partial charge is 0.328 e. The molecule has 0 aromatic carbocycles. The lowest BCUT2D eigenvalue weighted by Crippen LogP contribution is -2.60. The number of nitrogens with one attached hydrogen (secondary N) is 10. The molecule has 0 bridgehead atoms. The molecule has 0 radical (unpaired) electrons. The first kappa shape index (κ1) is 53.7. The standard InChI is InChI=1S/C36H58N14O13S/c1-17(29(55)46-21(9-18-12-40-16-43-18)32(58)49-24(14-51)36(62)63)44-28(54)13-42-30(56)20(5-2-3-7-37)45-33(59)22(10-26(38)52)47-34(60)23(11-27(39)53)48-35(61)25(15-64)50-31(57)19-6-4-8-41-19/h12,16-17,19-25,41,51,64H,2-11,13-15,37H2,1H3,(H2,38,52)(H2,39,53)(H,40,43)(H,42,56)(H,44,54)(H,45,59)(H,46,55)(H,47,60)(H,48,61)(H,49,58)(H,50,57)(H,62,63)/t17-,19-,20-,21-,22-,23-,24-,25-/m0/s1. The number of rotatable bonds is 29. The van der Waals surface area contributed by atoms with E-state index in [1.165, 1.54) is 19.4 Å². The van der Waals surface area contributed by atoms with Gasteiger partial charge in [-0.2, -0.15) is 12.6 Å². The molecule has 0 spiro atoms. The van der Waals surface area contributed by atoms with Crippen LogP contribution in [0.3, 0.4) is 0 Å². The third-order valence-corrected chi connectivity index (χ3v) is 9.82. The predicted octanol–water partition coefficient (Wildman–Crippen LogP) is -7.88. The highest BCUT2D eigenvalue weighted by Crippen LogP contribution is 2.08. The van der Waals surface area contributed by atoms with Crippen LogP contribution in [0.1, 0.15) is 57.6 Å². The lowest BCUT2D eigenvalue weighted by atomic mass is 10.1. The maximum atomic E-state index is 13.6. The van der Waals surface area contributed by atoms with Crippen molar-refractivity contribution in [1.29, 1.82) is 0 Å². The summed E-state index contributed by atoms with van der Waals surface area (Å²) in [7, 11) is 0. The van der Waals surface area contributed by atoms with Gasteiger partial charge < -0.3 is 80.2 Å². The van der Waals surface area contributed by atoms with Crippen LogP contribution in [-0.4, -0.2) is 166 Å². The highest BCUT2D eigenvalue weighted by atomic mass is 32.1. The first-order valence-electron chi connectivity index (χ1n) is 20.1. The van der Waals surface area contributed by atoms with Crippen LogP contribution >= 0.6 is 12.6 Å². The number of carboxylic acid groups (broad SMARTS) is 1. The van der Waals surface area contributed by atoms with E-state index in [2.05, 4.69) is 70.4 Å². The Hall–Kier alpha value is -6.39. The minimum atomic E-state index is -1.77. The number of thiol groups is 1. The number of carboxylic acids is 1. The zero-order valence-electron chi connectivity index (χ0n) is 35.0. The fourth-order valence-electron chi connectivity index (χ4n) is 6.00. The largest absolute Gasteiger partial charge is 0.480 e. The number of imidazole rings is 1. The van der Waals surface area contributed by atoms with Gasteiger partial charge >= 0.3 is 5.97 Å². The molecule has 18 N–H and O–H groups in total. The lowest BCUT2D eigenvalue weighted by Gasteiger charge is -2.26. The molecular weight excluding hydrogens is 869 g/mol. The first-order chi connectivity index (χ1) is 30.3. The van der Waals surface area contributed by atoms with Gasteiger partial charge in [0.25, 0.3) is 0 Å². The molecular formula is C36H58N14O13S. The van der Waals surface area contributed by atoms with E-state index in [1.807, 2.05) is 0 Å². The number of nitrogens with two attached hydrogens (primary N) is 3. The average molecular weight is 927 g/mol. The molecule has 1 aliphatic heterocycles. The Bertz CT molecular complexity index is 1810. The Labute approximate surface area is 371 Å². The number of nitrogens with zero attached hydrogens (tertiary/aromatic N) is 1. The third-order valence-electron chi connectivity index (χ3n) is 9.45. The summed E-state index contributed by atoms with van der Waals surface area (Å²) < 4.78 is 0. The number of primary amides is 2. The predicted molar refractivity (Wildman–Crippen MR) is 225 cm³/mol. The number of aliphatic hydroxyl groups is 1. The number of hydrogen-bond acceptors (Lipinski definition) is 16. The molecule has 2 rings (SSSR count). The summed E-state index contributed by atoms with van der Waals surface area (Å²) in [6.45, 7) is 0.381. The van der Waals surface area contributed by atoms with Gasteiger partial charge in [-0.25, -0.2) is 9.78 Å². The van der Waals surface area contributed by atoms with Gasteiger partial charge in [0.05, 0.1) is 38.4 Å². The number of aliphatic carboxylic acids is 1. The summed E-state index contributed by atoms with van der Waals surface area (Å²) in [5.41, 5.74) is 16.6. The Balaban J connectivity index is 2.12. The first-order valence-corrected chi connectivity index (χ1v) is 20.7. The van der Waals surface area contributed by atoms with Crippen LogP contribution in [0.4, 0.5) is 0 Å². The van der Waals surface area contributed by atoms with Crippen molar-refractivity contribution < 1.29 is 63.0 Å². The van der Waals surface area contributed by atoms with Crippen LogP contribution in [0.25, 0.3) is 0 Å². The number of amides is 10. The van der Waals surface area contributed by atoms with Gasteiger partial charge in [-0.3, -0.25) is 47.9 Å². The van der Waals surface area contributed by atoms with Crippen LogP contribution in [0.2, 0.25) is 0 Å². The van der Waals surface area contributed by atoms with Gasteiger partial charge in [-0.05, 0) is 52.1 Å².